The maximum atomic E-state index is 10.7. The average molecular weight is 281 g/mol. The third-order valence-corrected chi connectivity index (χ3v) is 2.91. The van der Waals surface area contributed by atoms with E-state index in [1.807, 2.05) is 13.0 Å². The van der Waals surface area contributed by atoms with Crippen molar-refractivity contribution in [2.24, 2.45) is 0 Å². The van der Waals surface area contributed by atoms with Crippen LogP contribution in [0.1, 0.15) is 16.7 Å². The molecular weight excluding hydrogens is 266 g/mol. The number of methoxy groups -OCH3 is 1. The van der Waals surface area contributed by atoms with Gasteiger partial charge in [0.15, 0.2) is 0 Å². The van der Waals surface area contributed by atoms with Gasteiger partial charge in [-0.05, 0) is 48.4 Å². The van der Waals surface area contributed by atoms with Crippen molar-refractivity contribution in [1.82, 2.24) is 0 Å². The highest BCUT2D eigenvalue weighted by Gasteiger charge is 2.05. The number of nitrogens with zero attached hydrogens (tertiary/aromatic N) is 1. The summed E-state index contributed by atoms with van der Waals surface area (Å²) in [6.07, 6.45) is 1.13. The molecule has 0 aliphatic rings. The summed E-state index contributed by atoms with van der Waals surface area (Å²) in [4.78, 5) is 10.7. The molecule has 0 spiro atoms. The Balaban J connectivity index is 2.34. The average Bonchev–Trinajstić information content (AvgIpc) is 2.46. The lowest BCUT2D eigenvalue weighted by Gasteiger charge is -2.10. The third kappa shape index (κ3) is 3.83. The number of hydrogen-bond acceptors (Lipinski definition) is 4. The van der Waals surface area contributed by atoms with Gasteiger partial charge >= 0.3 is 0 Å². The normalized spacial score (nSPS) is 9.76. The van der Waals surface area contributed by atoms with Crippen molar-refractivity contribution < 1.29 is 14.3 Å². The van der Waals surface area contributed by atoms with Crippen LogP contribution < -0.4 is 9.47 Å². The summed E-state index contributed by atoms with van der Waals surface area (Å²) in [6, 6.07) is 12.7. The molecule has 2 aromatic rings. The van der Waals surface area contributed by atoms with Crippen LogP contribution in [0.4, 0.5) is 0 Å². The molecule has 106 valence electrons. The first-order valence-electron chi connectivity index (χ1n) is 6.46. The molecule has 0 heterocycles. The summed E-state index contributed by atoms with van der Waals surface area (Å²) in [6.45, 7) is 1.90. The van der Waals surface area contributed by atoms with Crippen molar-refractivity contribution in [3.63, 3.8) is 0 Å². The highest BCUT2D eigenvalue weighted by molar-refractivity contribution is 5.57. The molecule has 0 fully saturated rings. The van der Waals surface area contributed by atoms with E-state index in [4.69, 9.17) is 14.7 Å². The molecule has 4 nitrogen and oxygen atoms in total. The summed E-state index contributed by atoms with van der Waals surface area (Å²) in [7, 11) is 1.56. The second kappa shape index (κ2) is 6.58. The van der Waals surface area contributed by atoms with Crippen molar-refractivity contribution in [3.05, 3.63) is 53.1 Å². The lowest BCUT2D eigenvalue weighted by atomic mass is 10.1. The SMILES string of the molecule is COc1cc(CC=O)cc(Oc2cc(C)cc(C#N)c2)c1. The number of nitriles is 1. The van der Waals surface area contributed by atoms with Gasteiger partial charge in [0, 0.05) is 12.5 Å². The molecule has 0 N–H and O–H groups in total. The number of carbonyl (C=O) groups is 1. The molecule has 0 radical (unpaired) electrons. The predicted molar refractivity (Wildman–Crippen MR) is 78.7 cm³/mol. The van der Waals surface area contributed by atoms with Crippen molar-refractivity contribution in [3.8, 4) is 23.3 Å². The molecule has 0 amide bonds. The van der Waals surface area contributed by atoms with Crippen LogP contribution >= 0.6 is 0 Å². The molecule has 0 aliphatic carbocycles. The van der Waals surface area contributed by atoms with E-state index in [2.05, 4.69) is 6.07 Å². The zero-order valence-electron chi connectivity index (χ0n) is 11.9. The first-order valence-corrected chi connectivity index (χ1v) is 6.46. The van der Waals surface area contributed by atoms with Crippen molar-refractivity contribution in [2.75, 3.05) is 7.11 Å². The smallest absolute Gasteiger partial charge is 0.131 e. The topological polar surface area (TPSA) is 59.3 Å². The number of benzene rings is 2. The number of carbonyl (C=O) groups excluding carboxylic acids is 1. The summed E-state index contributed by atoms with van der Waals surface area (Å²) < 4.78 is 11.0. The van der Waals surface area contributed by atoms with Gasteiger partial charge in [-0.1, -0.05) is 0 Å². The minimum Gasteiger partial charge on any atom is -0.497 e. The summed E-state index contributed by atoms with van der Waals surface area (Å²) in [5.41, 5.74) is 2.30. The van der Waals surface area contributed by atoms with Gasteiger partial charge in [0.1, 0.15) is 23.5 Å². The van der Waals surface area contributed by atoms with Gasteiger partial charge in [-0.25, -0.2) is 0 Å². The molecule has 0 atom stereocenters. The third-order valence-electron chi connectivity index (χ3n) is 2.91. The first-order chi connectivity index (χ1) is 10.1. The fourth-order valence-electron chi connectivity index (χ4n) is 2.03. The second-order valence-corrected chi connectivity index (χ2v) is 4.64. The molecule has 21 heavy (non-hydrogen) atoms. The van der Waals surface area contributed by atoms with E-state index in [9.17, 15) is 4.79 Å². The van der Waals surface area contributed by atoms with Crippen LogP contribution in [-0.2, 0) is 11.2 Å². The minimum absolute atomic E-state index is 0.296. The highest BCUT2D eigenvalue weighted by Crippen LogP contribution is 2.28. The standard InChI is InChI=1S/C17H15NO3/c1-12-5-14(11-18)9-16(6-12)21-17-8-13(3-4-19)7-15(10-17)20-2/h4-10H,3H2,1-2H3. The van der Waals surface area contributed by atoms with Crippen LogP contribution in [0, 0.1) is 18.3 Å². The molecule has 0 saturated heterocycles. The fourth-order valence-corrected chi connectivity index (χ4v) is 2.03. The van der Waals surface area contributed by atoms with Gasteiger partial charge in [0.25, 0.3) is 0 Å². The van der Waals surface area contributed by atoms with Crippen LogP contribution in [0.5, 0.6) is 17.2 Å². The van der Waals surface area contributed by atoms with E-state index in [1.165, 1.54) is 0 Å². The largest absolute Gasteiger partial charge is 0.497 e. The second-order valence-electron chi connectivity index (χ2n) is 4.64. The minimum atomic E-state index is 0.296. The molecule has 0 aliphatic heterocycles. The predicted octanol–water partition coefficient (Wildman–Crippen LogP) is 3.41. The zero-order valence-corrected chi connectivity index (χ0v) is 11.9. The van der Waals surface area contributed by atoms with Gasteiger partial charge < -0.3 is 14.3 Å². The van der Waals surface area contributed by atoms with E-state index in [1.54, 1.807) is 37.4 Å². The van der Waals surface area contributed by atoms with Gasteiger partial charge in [0.05, 0.1) is 18.7 Å². The number of rotatable bonds is 5. The lowest BCUT2D eigenvalue weighted by Crippen LogP contribution is -1.93. The number of aryl methyl sites for hydroxylation is 1. The van der Waals surface area contributed by atoms with E-state index in [0.717, 1.165) is 17.4 Å². The maximum absolute atomic E-state index is 10.7. The van der Waals surface area contributed by atoms with Crippen LogP contribution in [0.3, 0.4) is 0 Å². The van der Waals surface area contributed by atoms with Crippen LogP contribution in [0.2, 0.25) is 0 Å². The van der Waals surface area contributed by atoms with Crippen LogP contribution in [0.25, 0.3) is 0 Å². The molecular formula is C17H15NO3. The van der Waals surface area contributed by atoms with Crippen molar-refractivity contribution in [2.45, 2.75) is 13.3 Å². The first kappa shape index (κ1) is 14.6. The summed E-state index contributed by atoms with van der Waals surface area (Å²) in [5.74, 6) is 1.77. The molecule has 0 unspecified atom stereocenters. The van der Waals surface area contributed by atoms with Gasteiger partial charge in [-0.2, -0.15) is 5.26 Å². The number of ether oxygens (including phenoxy) is 2. The van der Waals surface area contributed by atoms with E-state index in [-0.39, 0.29) is 0 Å². The Morgan fingerprint density at radius 1 is 1.10 bits per heavy atom. The monoisotopic (exact) mass is 281 g/mol. The molecule has 4 heteroatoms. The summed E-state index contributed by atoms with van der Waals surface area (Å²) >= 11 is 0. The quantitative estimate of drug-likeness (QED) is 0.788. The Morgan fingerprint density at radius 2 is 1.81 bits per heavy atom. The Bertz CT molecular complexity index is 702. The van der Waals surface area contributed by atoms with Gasteiger partial charge in [0.2, 0.25) is 0 Å². The number of aldehydes is 1. The lowest BCUT2D eigenvalue weighted by molar-refractivity contribution is -0.107. The maximum Gasteiger partial charge on any atom is 0.131 e. The van der Waals surface area contributed by atoms with Crippen LogP contribution in [0.15, 0.2) is 36.4 Å². The zero-order chi connectivity index (χ0) is 15.2. The van der Waals surface area contributed by atoms with Crippen molar-refractivity contribution in [1.29, 1.82) is 5.26 Å². The van der Waals surface area contributed by atoms with Crippen LogP contribution in [-0.4, -0.2) is 13.4 Å². The number of hydrogen-bond donors (Lipinski definition) is 0. The van der Waals surface area contributed by atoms with Gasteiger partial charge in [-0.15, -0.1) is 0 Å². The van der Waals surface area contributed by atoms with E-state index >= 15 is 0 Å². The molecule has 0 aromatic heterocycles. The Morgan fingerprint density at radius 3 is 2.48 bits per heavy atom. The molecule has 2 rings (SSSR count). The Hall–Kier alpha value is -2.80. The fraction of sp³-hybridized carbons (Fsp3) is 0.176. The van der Waals surface area contributed by atoms with Crippen molar-refractivity contribution >= 4 is 6.29 Å². The van der Waals surface area contributed by atoms with E-state index < -0.39 is 0 Å². The Kier molecular flexibility index (Phi) is 4.57. The molecule has 2 aromatic carbocycles. The molecule has 0 saturated carbocycles. The highest BCUT2D eigenvalue weighted by atomic mass is 16.5. The van der Waals surface area contributed by atoms with Gasteiger partial charge in [-0.3, -0.25) is 0 Å². The summed E-state index contributed by atoms with van der Waals surface area (Å²) in [5, 5.41) is 8.98. The Labute approximate surface area is 123 Å². The molecule has 0 bridgehead atoms. The van der Waals surface area contributed by atoms with E-state index in [0.29, 0.717) is 29.2 Å².